The third kappa shape index (κ3) is 3.95. The molecule has 6 nitrogen and oxygen atoms in total. The Balaban J connectivity index is 0.000000709. The molecule has 0 radical (unpaired) electrons. The minimum atomic E-state index is -0.833. The average Bonchev–Trinajstić information content (AvgIpc) is 3.31. The molecule has 4 saturated carbocycles. The number of rotatable bonds is 4. The van der Waals surface area contributed by atoms with Crippen molar-refractivity contribution in [2.45, 2.75) is 99.2 Å². The molecule has 6 atom stereocenters. The van der Waals surface area contributed by atoms with Gasteiger partial charge in [-0.2, -0.15) is 0 Å². The highest BCUT2D eigenvalue weighted by Crippen LogP contribution is 2.67. The third-order valence-corrected chi connectivity index (χ3v) is 11.3. The van der Waals surface area contributed by atoms with E-state index in [0.717, 1.165) is 32.6 Å². The van der Waals surface area contributed by atoms with Gasteiger partial charge in [-0.05, 0) is 73.3 Å². The molecule has 1 aromatic carbocycles. The lowest BCUT2D eigenvalue weighted by Gasteiger charge is -2.38. The number of carbonyl (C=O) groups is 3. The van der Waals surface area contributed by atoms with Crippen molar-refractivity contribution >= 4 is 17.9 Å². The van der Waals surface area contributed by atoms with Gasteiger partial charge < -0.3 is 14.6 Å². The van der Waals surface area contributed by atoms with Crippen molar-refractivity contribution in [1.82, 2.24) is 0 Å². The maximum Gasteiger partial charge on any atom is 0.339 e. The smallest absolute Gasteiger partial charge is 0.339 e. The van der Waals surface area contributed by atoms with Gasteiger partial charge in [0.2, 0.25) is 0 Å². The highest BCUT2D eigenvalue weighted by Gasteiger charge is 2.64. The Bertz CT molecular complexity index is 976. The summed E-state index contributed by atoms with van der Waals surface area (Å²) in [4.78, 5) is 35.5. The molecule has 1 aromatic rings. The van der Waals surface area contributed by atoms with Crippen molar-refractivity contribution in [2.24, 2.45) is 33.5 Å². The van der Waals surface area contributed by atoms with Crippen LogP contribution in [0.4, 0.5) is 0 Å². The highest BCUT2D eigenvalue weighted by atomic mass is 16.6. The molecule has 0 aliphatic heterocycles. The van der Waals surface area contributed by atoms with Gasteiger partial charge in [-0.25, -0.2) is 9.59 Å². The van der Waals surface area contributed by atoms with Crippen molar-refractivity contribution in [3.05, 3.63) is 35.4 Å². The lowest BCUT2D eigenvalue weighted by Crippen LogP contribution is -2.39. The lowest BCUT2D eigenvalue weighted by atomic mass is 9.70. The summed E-state index contributed by atoms with van der Waals surface area (Å²) in [6.45, 7) is 14.8. The molecular weight excluding hydrogens is 456 g/mol. The first-order valence-electron chi connectivity index (χ1n) is 13.4. The van der Waals surface area contributed by atoms with E-state index >= 15 is 0 Å². The number of carboxylic acid groups (broad SMARTS) is 1. The van der Waals surface area contributed by atoms with Gasteiger partial charge in [-0.1, -0.05) is 53.7 Å². The van der Waals surface area contributed by atoms with Crippen LogP contribution in [0.15, 0.2) is 24.3 Å². The van der Waals surface area contributed by atoms with Crippen LogP contribution in [-0.4, -0.2) is 35.2 Å². The van der Waals surface area contributed by atoms with Gasteiger partial charge in [-0.3, -0.25) is 4.79 Å². The average molecular weight is 499 g/mol. The second kappa shape index (κ2) is 8.88. The molecule has 4 fully saturated rings. The summed E-state index contributed by atoms with van der Waals surface area (Å²) in [6.07, 6.45) is 6.22. The standard InChI is InChI=1S/C28H38O4.C2H4O2/c1-25(2)17-11-13-27(25,5)21(15-17)31-23(29)19-9-7-8-10-20(19)24(30)32-22-16-18-12-14-28(22,6)26(18,3)4;1-2(3)4/h7-10,17-18,21-22H,11-16H2,1-6H3;1H3,(H,3,4)/t17-,18-,21+,22+,27-,28-;/m1./s1. The topological polar surface area (TPSA) is 89.9 Å². The maximum absolute atomic E-state index is 13.3. The number of esters is 2. The van der Waals surface area contributed by atoms with Crippen LogP contribution < -0.4 is 0 Å². The van der Waals surface area contributed by atoms with Gasteiger partial charge in [0.25, 0.3) is 5.97 Å². The zero-order valence-electron chi connectivity index (χ0n) is 22.8. The molecule has 6 heteroatoms. The summed E-state index contributed by atoms with van der Waals surface area (Å²) in [6, 6.07) is 6.99. The van der Waals surface area contributed by atoms with Crippen LogP contribution in [0.3, 0.4) is 0 Å². The van der Waals surface area contributed by atoms with E-state index in [1.807, 2.05) is 0 Å². The van der Waals surface area contributed by atoms with E-state index in [9.17, 15) is 9.59 Å². The summed E-state index contributed by atoms with van der Waals surface area (Å²) in [7, 11) is 0. The van der Waals surface area contributed by atoms with Crippen LogP contribution >= 0.6 is 0 Å². The Kier molecular flexibility index (Phi) is 6.58. The number of hydrogen-bond acceptors (Lipinski definition) is 5. The molecule has 0 heterocycles. The number of carbonyl (C=O) groups excluding carboxylic acids is 2. The van der Waals surface area contributed by atoms with E-state index in [1.54, 1.807) is 24.3 Å². The summed E-state index contributed by atoms with van der Waals surface area (Å²) in [5.74, 6) is -0.446. The molecule has 0 amide bonds. The molecule has 0 aromatic heterocycles. The first kappa shape index (κ1) is 26.7. The Morgan fingerprint density at radius 3 is 1.33 bits per heavy atom. The van der Waals surface area contributed by atoms with Crippen LogP contribution in [0.5, 0.6) is 0 Å². The summed E-state index contributed by atoms with van der Waals surface area (Å²) in [5.41, 5.74) is 0.974. The molecule has 0 spiro atoms. The fraction of sp³-hybridized carbons (Fsp3) is 0.700. The zero-order chi connectivity index (χ0) is 26.7. The van der Waals surface area contributed by atoms with Crippen molar-refractivity contribution in [3.63, 3.8) is 0 Å². The van der Waals surface area contributed by atoms with Gasteiger partial charge >= 0.3 is 11.9 Å². The molecule has 4 bridgehead atoms. The Labute approximate surface area is 215 Å². The zero-order valence-corrected chi connectivity index (χ0v) is 22.8. The SMILES string of the molecule is CC(=O)O.CC1(C)[C@@H]2CC[C@]1(C)[C@@H](OC(=O)c1ccccc1C(=O)O[C@H]1C[C@H]3CC[C@@]1(C)C3(C)C)C2. The third-order valence-electron chi connectivity index (χ3n) is 11.3. The minimum Gasteiger partial charge on any atom is -0.481 e. The molecule has 4 aliphatic rings. The van der Waals surface area contributed by atoms with Crippen LogP contribution in [0, 0.1) is 33.5 Å². The Hall–Kier alpha value is -2.37. The summed E-state index contributed by atoms with van der Waals surface area (Å²) >= 11 is 0. The molecule has 0 saturated heterocycles. The second-order valence-electron chi connectivity index (χ2n) is 13.1. The Morgan fingerprint density at radius 2 is 1.08 bits per heavy atom. The number of aliphatic carboxylic acids is 1. The lowest BCUT2D eigenvalue weighted by molar-refractivity contribution is -0.134. The fourth-order valence-electron chi connectivity index (χ4n) is 7.84. The molecular formula is C30H42O6. The summed E-state index contributed by atoms with van der Waals surface area (Å²) in [5, 5.41) is 7.42. The van der Waals surface area contributed by atoms with Crippen molar-refractivity contribution in [3.8, 4) is 0 Å². The normalized spacial score (nSPS) is 36.6. The predicted molar refractivity (Wildman–Crippen MR) is 137 cm³/mol. The van der Waals surface area contributed by atoms with E-state index in [1.165, 1.54) is 12.8 Å². The predicted octanol–water partition coefficient (Wildman–Crippen LogP) is 6.52. The molecule has 36 heavy (non-hydrogen) atoms. The van der Waals surface area contributed by atoms with Gasteiger partial charge in [0.05, 0.1) is 11.1 Å². The van der Waals surface area contributed by atoms with Crippen molar-refractivity contribution in [1.29, 1.82) is 0 Å². The minimum absolute atomic E-state index is 0.00790. The fourth-order valence-corrected chi connectivity index (χ4v) is 7.84. The second-order valence-corrected chi connectivity index (χ2v) is 13.1. The molecule has 1 N–H and O–H groups in total. The van der Waals surface area contributed by atoms with E-state index < -0.39 is 17.9 Å². The monoisotopic (exact) mass is 498 g/mol. The number of hydrogen-bond donors (Lipinski definition) is 1. The number of carboxylic acids is 1. The van der Waals surface area contributed by atoms with Gasteiger partial charge in [0.15, 0.2) is 0 Å². The number of ether oxygens (including phenoxy) is 2. The van der Waals surface area contributed by atoms with E-state index in [0.29, 0.717) is 23.0 Å². The quantitative estimate of drug-likeness (QED) is 0.475. The van der Waals surface area contributed by atoms with Crippen molar-refractivity contribution in [2.75, 3.05) is 0 Å². The summed E-state index contributed by atoms with van der Waals surface area (Å²) < 4.78 is 12.2. The van der Waals surface area contributed by atoms with E-state index in [4.69, 9.17) is 19.4 Å². The number of fused-ring (bicyclic) bond motifs is 4. The molecule has 4 aliphatic carbocycles. The van der Waals surface area contributed by atoms with Crippen LogP contribution in [0.2, 0.25) is 0 Å². The number of benzene rings is 1. The van der Waals surface area contributed by atoms with Gasteiger partial charge in [0, 0.05) is 17.8 Å². The first-order chi connectivity index (χ1) is 16.6. The largest absolute Gasteiger partial charge is 0.481 e. The van der Waals surface area contributed by atoms with Crippen molar-refractivity contribution < 1.29 is 29.0 Å². The molecule has 5 rings (SSSR count). The van der Waals surface area contributed by atoms with Gasteiger partial charge in [-0.15, -0.1) is 0 Å². The van der Waals surface area contributed by atoms with Gasteiger partial charge in [0.1, 0.15) is 12.2 Å². The van der Waals surface area contributed by atoms with Crippen LogP contribution in [0.1, 0.15) is 108 Å². The first-order valence-corrected chi connectivity index (χ1v) is 13.4. The molecule has 0 unspecified atom stereocenters. The van der Waals surface area contributed by atoms with E-state index in [2.05, 4.69) is 41.5 Å². The van der Waals surface area contributed by atoms with E-state index in [-0.39, 0.29) is 33.9 Å². The molecule has 198 valence electrons. The van der Waals surface area contributed by atoms with Crippen LogP contribution in [-0.2, 0) is 14.3 Å². The van der Waals surface area contributed by atoms with Crippen LogP contribution in [0.25, 0.3) is 0 Å². The Morgan fingerprint density at radius 1 is 0.750 bits per heavy atom. The maximum atomic E-state index is 13.3. The highest BCUT2D eigenvalue weighted by molar-refractivity contribution is 6.03.